The number of aromatic amines is 1. The maximum Gasteiger partial charge on any atom is 1.00 e. The molecule has 260 valence electrons. The average Bonchev–Trinajstić information content (AvgIpc) is 3.39. The standard InChI is InChI=1S/C26H37N5O2.C6H8O7.3K.H2O/c1-5-11-30-17-19(25(32)31(26(33)27-6-2)13-8-12-29(3)4)14-21-20-9-7-10-22-24(20)18(16-28-22)15-23(21)30;7-3(8)1-6(13,5(11)12)2-4(9)10;;;;/h5,7,9-10,16,19,21,23,28H,1,6,8,11-15,17H2,2-4H3,(H,27,33);13H,1-2H2,(H,7,8)(H,9,10)(H,11,12);;;;1H2/q;;3*+1;/p-3/t19-,21-,23-;;;;;/m1...../s1. The number of hydrogen-bond donors (Lipinski definition) is 3. The molecule has 1 aromatic carbocycles. The molecule has 0 spiro atoms. The third-order valence-electron chi connectivity index (χ3n) is 8.37. The van der Waals surface area contributed by atoms with E-state index in [4.69, 9.17) is 5.11 Å². The smallest absolute Gasteiger partial charge is 0.550 e. The number of likely N-dealkylation sites (tertiary alicyclic amines) is 1. The number of amides is 3. The minimum atomic E-state index is -2.97. The van der Waals surface area contributed by atoms with Gasteiger partial charge in [0.15, 0.2) is 0 Å². The van der Waals surface area contributed by atoms with E-state index in [1.165, 1.54) is 21.4 Å². The van der Waals surface area contributed by atoms with Gasteiger partial charge < -0.3 is 55.5 Å². The first-order valence-corrected chi connectivity index (χ1v) is 15.2. The fourth-order valence-electron chi connectivity index (χ4n) is 6.36. The van der Waals surface area contributed by atoms with Gasteiger partial charge in [-0.15, -0.1) is 6.58 Å². The molecule has 15 nitrogen and oxygen atoms in total. The van der Waals surface area contributed by atoms with Crippen molar-refractivity contribution >= 4 is 40.7 Å². The van der Waals surface area contributed by atoms with Gasteiger partial charge in [0.2, 0.25) is 5.91 Å². The Morgan fingerprint density at radius 1 is 1.08 bits per heavy atom. The van der Waals surface area contributed by atoms with Gasteiger partial charge in [-0.2, -0.15) is 0 Å². The fourth-order valence-corrected chi connectivity index (χ4v) is 6.36. The number of imide groups is 1. The number of rotatable bonds is 13. The Balaban J connectivity index is 0. The summed E-state index contributed by atoms with van der Waals surface area (Å²) in [6.07, 6.45) is 3.85. The Bertz CT molecular complexity index is 1440. The number of nitrogens with zero attached hydrogens (tertiary/aromatic N) is 3. The molecule has 1 aliphatic carbocycles. The minimum Gasteiger partial charge on any atom is -0.550 e. The second-order valence-corrected chi connectivity index (χ2v) is 12.0. The molecule has 0 unspecified atom stereocenters. The molecule has 2 aliphatic rings. The minimum absolute atomic E-state index is 0. The predicted octanol–water partition coefficient (Wildman–Crippen LogP) is -11.9. The van der Waals surface area contributed by atoms with Crippen LogP contribution in [0, 0.1) is 5.92 Å². The number of aliphatic carboxylic acids is 3. The number of hydrogen-bond acceptors (Lipinski definition) is 11. The molecule has 1 fully saturated rings. The van der Waals surface area contributed by atoms with Crippen LogP contribution in [0.15, 0.2) is 37.1 Å². The summed E-state index contributed by atoms with van der Waals surface area (Å²) in [5.74, 6) is -6.00. The molecule has 1 aliphatic heterocycles. The number of benzene rings is 1. The Morgan fingerprint density at radius 2 is 1.70 bits per heavy atom. The SMILES string of the molecule is C=CCN1C[C@H](C(=O)N(CCCN(C)C)C(=O)NCC)C[C@@H]2c3cccc4[nH]cc(c34)C[C@H]21.O.O=C([O-])CC(O)(CC(=O)[O-])C(=O)[O-].[K+].[K+].[K+]. The number of carboxylic acid groups (broad SMARTS) is 3. The monoisotopic (exact) mass is 775 g/mol. The normalized spacial score (nSPS) is 17.5. The van der Waals surface area contributed by atoms with Gasteiger partial charge in [0.25, 0.3) is 0 Å². The molecular formula is C32H44K3N5O10. The van der Waals surface area contributed by atoms with Gasteiger partial charge in [-0.25, -0.2) is 4.79 Å². The zero-order chi connectivity index (χ0) is 34.2. The van der Waals surface area contributed by atoms with Gasteiger partial charge in [0, 0.05) is 80.0 Å². The fraction of sp³-hybridized carbons (Fsp3) is 0.531. The Labute approximate surface area is 419 Å². The van der Waals surface area contributed by atoms with Gasteiger partial charge >= 0.3 is 160 Å². The molecule has 5 N–H and O–H groups in total. The van der Waals surface area contributed by atoms with Crippen molar-refractivity contribution in [3.05, 3.63) is 48.2 Å². The molecule has 3 atom stereocenters. The van der Waals surface area contributed by atoms with Crippen molar-refractivity contribution in [3.8, 4) is 0 Å². The van der Waals surface area contributed by atoms with Crippen molar-refractivity contribution < 1.29 is 204 Å². The van der Waals surface area contributed by atoms with Gasteiger partial charge in [-0.3, -0.25) is 14.6 Å². The first-order valence-electron chi connectivity index (χ1n) is 15.2. The van der Waals surface area contributed by atoms with Crippen molar-refractivity contribution in [1.29, 1.82) is 0 Å². The van der Waals surface area contributed by atoms with E-state index in [1.807, 2.05) is 27.1 Å². The second kappa shape index (κ2) is 24.9. The van der Waals surface area contributed by atoms with Gasteiger partial charge in [0.1, 0.15) is 5.60 Å². The Hall–Kier alpha value is 0.599. The first kappa shape index (κ1) is 52.7. The largest absolute Gasteiger partial charge is 1.00 e. The Kier molecular flexibility index (Phi) is 26.2. The zero-order valence-corrected chi connectivity index (χ0v) is 39.3. The molecular weight excluding hydrogens is 732 g/mol. The van der Waals surface area contributed by atoms with E-state index in [0.29, 0.717) is 25.7 Å². The molecule has 1 aromatic heterocycles. The third kappa shape index (κ3) is 14.3. The number of nitrogens with one attached hydrogen (secondary N) is 2. The third-order valence-corrected chi connectivity index (χ3v) is 8.37. The number of urea groups is 1. The van der Waals surface area contributed by atoms with Crippen LogP contribution in [0.25, 0.3) is 10.9 Å². The van der Waals surface area contributed by atoms with Crippen LogP contribution in [-0.2, 0) is 25.6 Å². The molecule has 0 radical (unpaired) electrons. The molecule has 2 heterocycles. The summed E-state index contributed by atoms with van der Waals surface area (Å²) >= 11 is 0. The predicted molar refractivity (Wildman–Crippen MR) is 165 cm³/mol. The van der Waals surface area contributed by atoms with Crippen molar-refractivity contribution in [2.45, 2.75) is 56.6 Å². The van der Waals surface area contributed by atoms with Crippen LogP contribution < -0.4 is 175 Å². The molecule has 1 saturated heterocycles. The number of piperidine rings is 1. The quantitative estimate of drug-likeness (QED) is 0.127. The van der Waals surface area contributed by atoms with E-state index in [0.717, 1.165) is 37.9 Å². The van der Waals surface area contributed by atoms with E-state index in [9.17, 15) is 39.3 Å². The van der Waals surface area contributed by atoms with Crippen LogP contribution in [0.3, 0.4) is 0 Å². The van der Waals surface area contributed by atoms with Crippen molar-refractivity contribution in [2.24, 2.45) is 5.92 Å². The average molecular weight is 776 g/mol. The van der Waals surface area contributed by atoms with Crippen molar-refractivity contribution in [2.75, 3.05) is 46.8 Å². The van der Waals surface area contributed by atoms with Crippen molar-refractivity contribution in [3.63, 3.8) is 0 Å². The first-order chi connectivity index (χ1) is 21.7. The molecule has 18 heteroatoms. The zero-order valence-electron chi connectivity index (χ0n) is 30.0. The maximum absolute atomic E-state index is 13.7. The number of carbonyl (C=O) groups excluding carboxylic acids is 5. The van der Waals surface area contributed by atoms with E-state index < -0.39 is 36.4 Å². The summed E-state index contributed by atoms with van der Waals surface area (Å²) in [6.45, 7) is 9.02. The molecule has 50 heavy (non-hydrogen) atoms. The summed E-state index contributed by atoms with van der Waals surface area (Å²) in [5, 5.41) is 43.1. The molecule has 2 aromatic rings. The summed E-state index contributed by atoms with van der Waals surface area (Å²) in [6, 6.07) is 6.50. The van der Waals surface area contributed by atoms with E-state index in [2.05, 4.69) is 51.1 Å². The van der Waals surface area contributed by atoms with Gasteiger partial charge in [0.05, 0.1) is 11.9 Å². The number of aliphatic hydroxyl groups is 1. The molecule has 4 rings (SSSR count). The van der Waals surface area contributed by atoms with Crippen LogP contribution in [0.5, 0.6) is 0 Å². The van der Waals surface area contributed by atoms with E-state index >= 15 is 0 Å². The van der Waals surface area contributed by atoms with Crippen LogP contribution in [0.2, 0.25) is 0 Å². The van der Waals surface area contributed by atoms with E-state index in [-0.39, 0.29) is 183 Å². The molecule has 0 bridgehead atoms. The topological polar surface area (TPSA) is 244 Å². The second-order valence-electron chi connectivity index (χ2n) is 12.0. The Morgan fingerprint density at radius 3 is 2.22 bits per heavy atom. The maximum atomic E-state index is 13.7. The number of carbonyl (C=O) groups is 5. The number of H-pyrrole nitrogens is 1. The van der Waals surface area contributed by atoms with Crippen LogP contribution >= 0.6 is 0 Å². The van der Waals surface area contributed by atoms with E-state index in [1.54, 1.807) is 0 Å². The molecule has 3 amide bonds. The van der Waals surface area contributed by atoms with Crippen LogP contribution in [0.4, 0.5) is 4.79 Å². The van der Waals surface area contributed by atoms with Crippen LogP contribution in [0.1, 0.15) is 49.7 Å². The van der Waals surface area contributed by atoms with Gasteiger partial charge in [-0.05, 0) is 64.0 Å². The van der Waals surface area contributed by atoms with Crippen LogP contribution in [-0.4, -0.2) is 119 Å². The van der Waals surface area contributed by atoms with Gasteiger partial charge in [-0.1, -0.05) is 18.2 Å². The number of carboxylic acids is 3. The summed E-state index contributed by atoms with van der Waals surface area (Å²) in [4.78, 5) is 65.9. The number of aromatic nitrogens is 1. The van der Waals surface area contributed by atoms with Crippen molar-refractivity contribution in [1.82, 2.24) is 25.0 Å². The summed E-state index contributed by atoms with van der Waals surface area (Å²) in [5.41, 5.74) is 0.867. The molecule has 0 saturated carbocycles. The summed E-state index contributed by atoms with van der Waals surface area (Å²) < 4.78 is 0. The number of fused-ring (bicyclic) bond motifs is 2. The summed E-state index contributed by atoms with van der Waals surface area (Å²) in [7, 11) is 4.01.